The number of nitrogens with one attached hydrogen (secondary N) is 2. The third kappa shape index (κ3) is 5.32. The molecular formula is C18H19ClN4O2. The van der Waals surface area contributed by atoms with Gasteiger partial charge < -0.3 is 17.7 Å². The minimum atomic E-state index is -0.375. The van der Waals surface area contributed by atoms with Crippen LogP contribution in [0.25, 0.3) is 0 Å². The Morgan fingerprint density at radius 1 is 1.08 bits per heavy atom. The Hall–Kier alpha value is -2.86. The smallest absolute Gasteiger partial charge is 0.326 e. The normalized spacial score (nSPS) is 11.2. The number of carbonyl (C=O) groups is 1. The first-order valence-corrected chi connectivity index (χ1v) is 7.76. The summed E-state index contributed by atoms with van der Waals surface area (Å²) in [6, 6.07) is 19.1. The third-order valence-electron chi connectivity index (χ3n) is 3.58. The number of nitrogens with zero attached hydrogens (tertiary/aromatic N) is 2. The van der Waals surface area contributed by atoms with E-state index in [0.717, 1.165) is 6.42 Å². The molecule has 0 aliphatic carbocycles. The lowest BCUT2D eigenvalue weighted by molar-refractivity contribution is -0.782. The van der Waals surface area contributed by atoms with Gasteiger partial charge in [0, 0.05) is 19.0 Å². The minimum Gasteiger partial charge on any atom is -1.00 e. The first-order chi connectivity index (χ1) is 11.7. The molecule has 2 N–H and O–H groups in total. The molecule has 0 aliphatic heterocycles. The second-order valence-electron chi connectivity index (χ2n) is 5.53. The van der Waals surface area contributed by atoms with Gasteiger partial charge in [-0.15, -0.1) is 0 Å². The van der Waals surface area contributed by atoms with E-state index in [0.29, 0.717) is 11.6 Å². The van der Waals surface area contributed by atoms with Crippen LogP contribution >= 0.6 is 0 Å². The Labute approximate surface area is 152 Å². The van der Waals surface area contributed by atoms with Crippen LogP contribution in [0.15, 0.2) is 71.4 Å². The average molecular weight is 359 g/mol. The van der Waals surface area contributed by atoms with Crippen molar-refractivity contribution < 1.29 is 26.4 Å². The number of amides is 2. The van der Waals surface area contributed by atoms with Crippen molar-refractivity contribution in [1.82, 2.24) is 5.27 Å². The van der Waals surface area contributed by atoms with Crippen LogP contribution < -0.4 is 27.7 Å². The second kappa shape index (κ2) is 8.84. The molecule has 0 bridgehead atoms. The lowest BCUT2D eigenvalue weighted by Crippen LogP contribution is -3.00. The zero-order chi connectivity index (χ0) is 16.8. The van der Waals surface area contributed by atoms with Crippen LogP contribution in [0.2, 0.25) is 0 Å². The maximum atomic E-state index is 11.9. The Balaban J connectivity index is 0.00000225. The fourth-order valence-electron chi connectivity index (χ4n) is 2.37. The molecule has 1 atom stereocenters. The fourth-order valence-corrected chi connectivity index (χ4v) is 2.37. The number of para-hydroxylation sites is 1. The molecule has 6 nitrogen and oxygen atoms in total. The monoisotopic (exact) mass is 358 g/mol. The average Bonchev–Trinajstić information content (AvgIpc) is 3.05. The number of hydrogen-bond acceptors (Lipinski definition) is 3. The standard InChI is InChI=1S/C18H18N4O2.ClH/c1-14(12-15-8-4-2-5-9-15)22-13-17(24-21-22)20-18(23)19-16-10-6-3-7-11-16;/h2-11,13-14H,12H2,1H3,(H-,19,20,21,23);1H/t14-;/m0./s1. The highest BCUT2D eigenvalue weighted by molar-refractivity contribution is 5.98. The van der Waals surface area contributed by atoms with Crippen LogP contribution in [0.5, 0.6) is 0 Å². The molecule has 0 radical (unpaired) electrons. The summed E-state index contributed by atoms with van der Waals surface area (Å²) < 4.78 is 6.87. The van der Waals surface area contributed by atoms with Crippen LogP contribution in [0, 0.1) is 0 Å². The van der Waals surface area contributed by atoms with Crippen LogP contribution in [-0.4, -0.2) is 11.3 Å². The summed E-state index contributed by atoms with van der Waals surface area (Å²) in [6.45, 7) is 2.04. The van der Waals surface area contributed by atoms with Gasteiger partial charge in [0.2, 0.25) is 5.27 Å². The summed E-state index contributed by atoms with van der Waals surface area (Å²) in [4.78, 5) is 11.9. The molecule has 3 aromatic rings. The maximum absolute atomic E-state index is 11.9. The van der Waals surface area contributed by atoms with Gasteiger partial charge >= 0.3 is 11.9 Å². The predicted molar refractivity (Wildman–Crippen MR) is 90.6 cm³/mol. The number of hydrogen-bond donors (Lipinski definition) is 2. The summed E-state index contributed by atoms with van der Waals surface area (Å²) in [5.41, 5.74) is 1.93. The highest BCUT2D eigenvalue weighted by atomic mass is 35.5. The number of anilines is 2. The summed E-state index contributed by atoms with van der Waals surface area (Å²) in [5.74, 6) is 0.295. The van der Waals surface area contributed by atoms with E-state index in [1.165, 1.54) is 5.56 Å². The topological polar surface area (TPSA) is 71.0 Å². The summed E-state index contributed by atoms with van der Waals surface area (Å²) in [5, 5.41) is 9.32. The van der Waals surface area contributed by atoms with Gasteiger partial charge in [0.25, 0.3) is 6.20 Å². The summed E-state index contributed by atoms with van der Waals surface area (Å²) >= 11 is 0. The van der Waals surface area contributed by atoms with Crippen molar-refractivity contribution >= 4 is 17.6 Å². The SMILES string of the molecule is C[C@@H](Cc1ccccc1)[n+]1cc(NC(=O)Nc2ccccc2)on1.[Cl-]. The van der Waals surface area contributed by atoms with E-state index in [1.54, 1.807) is 10.9 Å². The number of rotatable bonds is 5. The Kier molecular flexibility index (Phi) is 6.54. The molecule has 1 aromatic heterocycles. The van der Waals surface area contributed by atoms with Crippen LogP contribution in [0.4, 0.5) is 16.4 Å². The molecule has 2 amide bonds. The van der Waals surface area contributed by atoms with E-state index in [4.69, 9.17) is 4.52 Å². The molecule has 0 unspecified atom stereocenters. The van der Waals surface area contributed by atoms with Crippen molar-refractivity contribution in [2.24, 2.45) is 0 Å². The van der Waals surface area contributed by atoms with E-state index in [1.807, 2.05) is 55.5 Å². The van der Waals surface area contributed by atoms with Crippen molar-refractivity contribution in [1.29, 1.82) is 0 Å². The number of aromatic nitrogens is 2. The Bertz CT molecular complexity index is 793. The van der Waals surface area contributed by atoms with E-state index in [-0.39, 0.29) is 24.5 Å². The number of benzene rings is 2. The van der Waals surface area contributed by atoms with E-state index < -0.39 is 0 Å². The first kappa shape index (κ1) is 18.5. The van der Waals surface area contributed by atoms with Crippen molar-refractivity contribution in [3.05, 3.63) is 72.4 Å². The van der Waals surface area contributed by atoms with Crippen molar-refractivity contribution in [2.75, 3.05) is 10.6 Å². The highest BCUT2D eigenvalue weighted by Crippen LogP contribution is 2.10. The maximum Gasteiger partial charge on any atom is 0.326 e. The zero-order valence-electron chi connectivity index (χ0n) is 13.7. The first-order valence-electron chi connectivity index (χ1n) is 7.76. The molecule has 0 spiro atoms. The number of urea groups is 1. The molecule has 0 aliphatic rings. The lowest BCUT2D eigenvalue weighted by Gasteiger charge is -2.03. The molecule has 3 rings (SSSR count). The number of halogens is 1. The largest absolute Gasteiger partial charge is 1.00 e. The quantitative estimate of drug-likeness (QED) is 0.649. The molecule has 2 aromatic carbocycles. The van der Waals surface area contributed by atoms with Gasteiger partial charge in [-0.1, -0.05) is 48.5 Å². The van der Waals surface area contributed by atoms with Gasteiger partial charge in [-0.2, -0.15) is 0 Å². The van der Waals surface area contributed by atoms with Crippen LogP contribution in [0.1, 0.15) is 18.5 Å². The summed E-state index contributed by atoms with van der Waals surface area (Å²) in [7, 11) is 0. The van der Waals surface area contributed by atoms with Crippen LogP contribution in [0.3, 0.4) is 0 Å². The third-order valence-corrected chi connectivity index (χ3v) is 3.58. The molecule has 130 valence electrons. The molecule has 1 heterocycles. The van der Waals surface area contributed by atoms with Crippen LogP contribution in [-0.2, 0) is 6.42 Å². The Morgan fingerprint density at radius 3 is 2.40 bits per heavy atom. The lowest BCUT2D eigenvalue weighted by atomic mass is 10.1. The molecule has 25 heavy (non-hydrogen) atoms. The van der Waals surface area contributed by atoms with Crippen molar-refractivity contribution in [2.45, 2.75) is 19.4 Å². The van der Waals surface area contributed by atoms with Gasteiger partial charge in [-0.3, -0.25) is 9.84 Å². The Morgan fingerprint density at radius 2 is 1.72 bits per heavy atom. The van der Waals surface area contributed by atoms with Gasteiger partial charge in [-0.25, -0.2) is 4.79 Å². The highest BCUT2D eigenvalue weighted by Gasteiger charge is 2.20. The molecule has 0 fully saturated rings. The van der Waals surface area contributed by atoms with Crippen molar-refractivity contribution in [3.8, 4) is 0 Å². The molecule has 7 heteroatoms. The van der Waals surface area contributed by atoms with E-state index in [9.17, 15) is 4.79 Å². The molecule has 0 saturated heterocycles. The van der Waals surface area contributed by atoms with Crippen molar-refractivity contribution in [3.63, 3.8) is 0 Å². The van der Waals surface area contributed by atoms with Gasteiger partial charge in [-0.05, 0) is 22.4 Å². The predicted octanol–water partition coefficient (Wildman–Crippen LogP) is 0.414. The zero-order valence-corrected chi connectivity index (χ0v) is 14.5. The minimum absolute atomic E-state index is 0. The summed E-state index contributed by atoms with van der Waals surface area (Å²) in [6.07, 6.45) is 2.51. The molecular weight excluding hydrogens is 340 g/mol. The van der Waals surface area contributed by atoms with E-state index in [2.05, 4.69) is 28.0 Å². The van der Waals surface area contributed by atoms with E-state index >= 15 is 0 Å². The molecule has 0 saturated carbocycles. The van der Waals surface area contributed by atoms with Gasteiger partial charge in [0.15, 0.2) is 6.04 Å². The number of carbonyl (C=O) groups excluding carboxylic acids is 1. The fraction of sp³-hybridized carbons (Fsp3) is 0.167. The van der Waals surface area contributed by atoms with Gasteiger partial charge in [0.05, 0.1) is 0 Å². The van der Waals surface area contributed by atoms with Gasteiger partial charge in [0.1, 0.15) is 0 Å². The second-order valence-corrected chi connectivity index (χ2v) is 5.53.